The number of nitrogens with zero attached hydrogens (tertiary/aromatic N) is 3. The van der Waals surface area contributed by atoms with Gasteiger partial charge in [-0.25, -0.2) is 0 Å². The van der Waals surface area contributed by atoms with E-state index in [2.05, 4.69) is 41.5 Å². The lowest BCUT2D eigenvalue weighted by Crippen LogP contribution is -2.15. The van der Waals surface area contributed by atoms with E-state index in [0.717, 1.165) is 11.4 Å². The number of ether oxygens (including phenoxy) is 1. The van der Waals surface area contributed by atoms with Gasteiger partial charge in [0.2, 0.25) is 5.91 Å². The van der Waals surface area contributed by atoms with Gasteiger partial charge in [0.05, 0.1) is 21.5 Å². The van der Waals surface area contributed by atoms with Crippen molar-refractivity contribution in [3.8, 4) is 11.4 Å². The van der Waals surface area contributed by atoms with Crippen LogP contribution in [0.2, 0.25) is 10.0 Å². The van der Waals surface area contributed by atoms with Crippen LogP contribution in [0.25, 0.3) is 5.69 Å². The predicted octanol–water partition coefficient (Wildman–Crippen LogP) is 7.57. The van der Waals surface area contributed by atoms with E-state index < -0.39 is 0 Å². The maximum atomic E-state index is 12.6. The van der Waals surface area contributed by atoms with Gasteiger partial charge in [-0.2, -0.15) is 0 Å². The third-order valence-electron chi connectivity index (χ3n) is 5.45. The number of aromatic nitrogens is 3. The molecule has 4 rings (SSSR count). The standard InChI is InChI=1S/C27H26Cl2N4O2S/c1-17(2)19-12-14-21(15-13-19)35-18(3)26-31-32-27(33(26)20-8-5-4-6-9-20)36-16-24(34)30-23-11-7-10-22(28)25(23)29/h4-15,17-18H,16H2,1-3H3,(H,30,34). The second-order valence-corrected chi connectivity index (χ2v) is 10.2. The van der Waals surface area contributed by atoms with E-state index in [4.69, 9.17) is 27.9 Å². The minimum Gasteiger partial charge on any atom is -0.483 e. The molecule has 36 heavy (non-hydrogen) atoms. The minimum atomic E-state index is -0.379. The van der Waals surface area contributed by atoms with Crippen molar-refractivity contribution in [2.24, 2.45) is 0 Å². The molecule has 0 radical (unpaired) electrons. The van der Waals surface area contributed by atoms with Gasteiger partial charge in [-0.05, 0) is 54.8 Å². The number of para-hydroxylation sites is 1. The molecule has 1 unspecified atom stereocenters. The average Bonchev–Trinajstić information content (AvgIpc) is 3.30. The minimum absolute atomic E-state index is 0.111. The van der Waals surface area contributed by atoms with Gasteiger partial charge in [-0.15, -0.1) is 10.2 Å². The lowest BCUT2D eigenvalue weighted by molar-refractivity contribution is -0.113. The van der Waals surface area contributed by atoms with E-state index in [-0.39, 0.29) is 17.8 Å². The Labute approximate surface area is 225 Å². The quantitative estimate of drug-likeness (QED) is 0.221. The highest BCUT2D eigenvalue weighted by Gasteiger charge is 2.22. The van der Waals surface area contributed by atoms with Crippen LogP contribution in [0.4, 0.5) is 5.69 Å². The topological polar surface area (TPSA) is 69.0 Å². The summed E-state index contributed by atoms with van der Waals surface area (Å²) >= 11 is 13.5. The van der Waals surface area contributed by atoms with E-state index in [1.807, 2.05) is 54.0 Å². The van der Waals surface area contributed by atoms with Gasteiger partial charge in [-0.3, -0.25) is 9.36 Å². The van der Waals surface area contributed by atoms with Crippen LogP contribution in [-0.4, -0.2) is 26.4 Å². The van der Waals surface area contributed by atoms with E-state index in [1.165, 1.54) is 17.3 Å². The van der Waals surface area contributed by atoms with Crippen molar-refractivity contribution in [1.82, 2.24) is 14.8 Å². The van der Waals surface area contributed by atoms with Crippen LogP contribution in [0.1, 0.15) is 44.2 Å². The number of carbonyl (C=O) groups is 1. The number of hydrogen-bond donors (Lipinski definition) is 1. The Bertz CT molecular complexity index is 1330. The van der Waals surface area contributed by atoms with Crippen LogP contribution >= 0.6 is 35.0 Å². The highest BCUT2D eigenvalue weighted by Crippen LogP contribution is 2.31. The summed E-state index contributed by atoms with van der Waals surface area (Å²) < 4.78 is 8.11. The Morgan fingerprint density at radius 1 is 0.972 bits per heavy atom. The number of nitrogens with one attached hydrogen (secondary N) is 1. The van der Waals surface area contributed by atoms with Crippen molar-refractivity contribution in [3.63, 3.8) is 0 Å². The first-order valence-electron chi connectivity index (χ1n) is 11.5. The lowest BCUT2D eigenvalue weighted by atomic mass is 10.0. The van der Waals surface area contributed by atoms with Gasteiger partial charge in [0.1, 0.15) is 5.75 Å². The molecule has 1 atom stereocenters. The molecule has 1 heterocycles. The van der Waals surface area contributed by atoms with Gasteiger partial charge in [0.25, 0.3) is 0 Å². The molecule has 6 nitrogen and oxygen atoms in total. The highest BCUT2D eigenvalue weighted by atomic mass is 35.5. The monoisotopic (exact) mass is 540 g/mol. The highest BCUT2D eigenvalue weighted by molar-refractivity contribution is 7.99. The van der Waals surface area contributed by atoms with Crippen molar-refractivity contribution < 1.29 is 9.53 Å². The Kier molecular flexibility index (Phi) is 8.56. The van der Waals surface area contributed by atoms with Crippen LogP contribution < -0.4 is 10.1 Å². The Morgan fingerprint density at radius 3 is 2.39 bits per heavy atom. The molecule has 0 aliphatic heterocycles. The van der Waals surface area contributed by atoms with Crippen LogP contribution in [0.3, 0.4) is 0 Å². The first kappa shape index (κ1) is 26.1. The van der Waals surface area contributed by atoms with Crippen LogP contribution in [0, 0.1) is 0 Å². The van der Waals surface area contributed by atoms with Crippen molar-refractivity contribution in [2.45, 2.75) is 37.9 Å². The lowest BCUT2D eigenvalue weighted by Gasteiger charge is -2.17. The van der Waals surface area contributed by atoms with Gasteiger partial charge in [0.15, 0.2) is 17.1 Å². The number of carbonyl (C=O) groups excluding carboxylic acids is 1. The third-order valence-corrected chi connectivity index (χ3v) is 7.20. The number of benzene rings is 3. The van der Waals surface area contributed by atoms with Crippen LogP contribution in [0.5, 0.6) is 5.75 Å². The van der Waals surface area contributed by atoms with Crippen molar-refractivity contribution in [2.75, 3.05) is 11.1 Å². The van der Waals surface area contributed by atoms with Gasteiger partial charge in [0, 0.05) is 5.69 Å². The Balaban J connectivity index is 1.53. The second-order valence-electron chi connectivity index (χ2n) is 8.43. The van der Waals surface area contributed by atoms with Crippen molar-refractivity contribution in [3.05, 3.63) is 94.2 Å². The molecule has 9 heteroatoms. The first-order chi connectivity index (χ1) is 17.3. The number of hydrogen-bond acceptors (Lipinski definition) is 5. The normalized spacial score (nSPS) is 11.9. The fraction of sp³-hybridized carbons (Fsp3) is 0.222. The molecule has 1 aromatic heterocycles. The summed E-state index contributed by atoms with van der Waals surface area (Å²) in [6, 6.07) is 22.9. The summed E-state index contributed by atoms with van der Waals surface area (Å²) in [4.78, 5) is 12.6. The van der Waals surface area contributed by atoms with E-state index in [0.29, 0.717) is 32.6 Å². The summed E-state index contributed by atoms with van der Waals surface area (Å²) in [5, 5.41) is 12.8. The fourth-order valence-corrected chi connectivity index (χ4v) is 4.67. The molecule has 0 fully saturated rings. The molecular formula is C27H26Cl2N4O2S. The average molecular weight is 542 g/mol. The zero-order chi connectivity index (χ0) is 25.7. The van der Waals surface area contributed by atoms with Gasteiger partial charge in [-0.1, -0.05) is 85.2 Å². The Hall–Kier alpha value is -3.00. The molecule has 1 N–H and O–H groups in total. The third kappa shape index (κ3) is 6.22. The summed E-state index contributed by atoms with van der Waals surface area (Å²) in [5.74, 6) is 1.71. The zero-order valence-electron chi connectivity index (χ0n) is 20.1. The Morgan fingerprint density at radius 2 is 1.69 bits per heavy atom. The summed E-state index contributed by atoms with van der Waals surface area (Å²) in [6.45, 7) is 6.25. The molecule has 0 aliphatic rings. The molecule has 0 aliphatic carbocycles. The van der Waals surface area contributed by atoms with E-state index in [9.17, 15) is 4.79 Å². The molecule has 1 amide bonds. The van der Waals surface area contributed by atoms with Gasteiger partial charge >= 0.3 is 0 Å². The maximum Gasteiger partial charge on any atom is 0.234 e. The molecule has 4 aromatic rings. The predicted molar refractivity (Wildman–Crippen MR) is 147 cm³/mol. The number of rotatable bonds is 9. The number of anilines is 1. The van der Waals surface area contributed by atoms with Crippen molar-refractivity contribution >= 4 is 46.6 Å². The summed E-state index contributed by atoms with van der Waals surface area (Å²) in [5.41, 5.74) is 2.59. The molecular weight excluding hydrogens is 515 g/mol. The van der Waals surface area contributed by atoms with E-state index >= 15 is 0 Å². The molecule has 0 saturated heterocycles. The summed E-state index contributed by atoms with van der Waals surface area (Å²) in [6.07, 6.45) is -0.379. The van der Waals surface area contributed by atoms with Gasteiger partial charge < -0.3 is 10.1 Å². The zero-order valence-corrected chi connectivity index (χ0v) is 22.4. The van der Waals surface area contributed by atoms with E-state index in [1.54, 1.807) is 18.2 Å². The second kappa shape index (κ2) is 11.8. The maximum absolute atomic E-state index is 12.6. The molecule has 0 spiro atoms. The molecule has 0 saturated carbocycles. The number of thioether (sulfide) groups is 1. The summed E-state index contributed by atoms with van der Waals surface area (Å²) in [7, 11) is 0. The number of halogens is 2. The van der Waals surface area contributed by atoms with Crippen molar-refractivity contribution in [1.29, 1.82) is 0 Å². The van der Waals surface area contributed by atoms with Crippen LogP contribution in [0.15, 0.2) is 78.0 Å². The molecule has 0 bridgehead atoms. The SMILES string of the molecule is CC(C)c1ccc(OC(C)c2nnc(SCC(=O)Nc3cccc(Cl)c3Cl)n2-c2ccccc2)cc1. The smallest absolute Gasteiger partial charge is 0.234 e. The first-order valence-corrected chi connectivity index (χ1v) is 13.2. The number of amides is 1. The molecule has 3 aromatic carbocycles. The molecule has 186 valence electrons. The largest absolute Gasteiger partial charge is 0.483 e. The van der Waals surface area contributed by atoms with Crippen LogP contribution in [-0.2, 0) is 4.79 Å². The fourth-order valence-electron chi connectivity index (χ4n) is 3.56.